The molecule has 0 spiro atoms. The largest absolute Gasteiger partial charge is 0.476 e. The molecule has 1 unspecified atom stereocenters. The van der Waals surface area contributed by atoms with Gasteiger partial charge in [-0.15, -0.1) is 0 Å². The highest BCUT2D eigenvalue weighted by Gasteiger charge is 2.23. The normalized spacial score (nSPS) is 14.2. The molecule has 108 valence electrons. The summed E-state index contributed by atoms with van der Waals surface area (Å²) in [6, 6.07) is 5.27. The molecule has 0 radical (unpaired) electrons. The Kier molecular flexibility index (Phi) is 4.20. The van der Waals surface area contributed by atoms with E-state index in [1.807, 2.05) is 6.26 Å². The number of nitrogens with zero attached hydrogens (tertiary/aromatic N) is 2. The summed E-state index contributed by atoms with van der Waals surface area (Å²) in [5.41, 5.74) is -0.303. The van der Waals surface area contributed by atoms with Gasteiger partial charge in [-0.25, -0.2) is 9.78 Å². The minimum absolute atomic E-state index is 0.0700. The maximum atomic E-state index is 11.4. The van der Waals surface area contributed by atoms with E-state index in [0.29, 0.717) is 11.4 Å². The zero-order valence-corrected chi connectivity index (χ0v) is 12.1. The first-order chi connectivity index (χ1) is 9.44. The summed E-state index contributed by atoms with van der Waals surface area (Å²) in [6.07, 6.45) is 3.55. The summed E-state index contributed by atoms with van der Waals surface area (Å²) in [6.45, 7) is 1.94. The third kappa shape index (κ3) is 3.05. The van der Waals surface area contributed by atoms with Gasteiger partial charge in [-0.05, 0) is 25.3 Å². The van der Waals surface area contributed by atoms with Gasteiger partial charge in [0, 0.05) is 18.5 Å². The standard InChI is InChI=1S/C13H17N3O3S/c1-13(19,8-20-2)7-14-11-10(12(17)18)16-6-4-3-5-9(16)15-11/h3-6,14,19H,7-8H2,1-2H3,(H,17,18). The number of pyridine rings is 1. The molecule has 0 saturated carbocycles. The molecule has 0 bridgehead atoms. The fraction of sp³-hybridized carbons (Fsp3) is 0.385. The number of rotatable bonds is 6. The predicted molar refractivity (Wildman–Crippen MR) is 79.6 cm³/mol. The third-order valence-corrected chi connectivity index (χ3v) is 3.74. The lowest BCUT2D eigenvalue weighted by Crippen LogP contribution is -2.36. The second kappa shape index (κ2) is 5.72. The Balaban J connectivity index is 2.30. The SMILES string of the molecule is CSCC(C)(O)CNc1nc2ccccn2c1C(=O)O. The number of aliphatic hydroxyl groups is 1. The maximum Gasteiger partial charge on any atom is 0.356 e. The monoisotopic (exact) mass is 295 g/mol. The van der Waals surface area contributed by atoms with Gasteiger partial charge in [0.15, 0.2) is 11.5 Å². The molecule has 0 fully saturated rings. The fourth-order valence-electron chi connectivity index (χ4n) is 1.96. The molecular weight excluding hydrogens is 278 g/mol. The van der Waals surface area contributed by atoms with Crippen molar-refractivity contribution in [1.82, 2.24) is 9.38 Å². The van der Waals surface area contributed by atoms with Gasteiger partial charge >= 0.3 is 5.97 Å². The van der Waals surface area contributed by atoms with Gasteiger partial charge in [-0.2, -0.15) is 11.8 Å². The number of imidazole rings is 1. The number of nitrogens with one attached hydrogen (secondary N) is 1. The number of carboxylic acids is 1. The molecule has 0 amide bonds. The lowest BCUT2D eigenvalue weighted by molar-refractivity contribution is 0.0689. The van der Waals surface area contributed by atoms with Crippen LogP contribution in [0.2, 0.25) is 0 Å². The predicted octanol–water partition coefficient (Wildman–Crippen LogP) is 1.56. The molecule has 20 heavy (non-hydrogen) atoms. The number of thioether (sulfide) groups is 1. The van der Waals surface area contributed by atoms with Crippen LogP contribution in [0, 0.1) is 0 Å². The molecule has 0 aromatic carbocycles. The van der Waals surface area contributed by atoms with Gasteiger partial charge in [0.2, 0.25) is 0 Å². The van der Waals surface area contributed by atoms with Crippen molar-refractivity contribution in [3.05, 3.63) is 30.1 Å². The number of hydrogen-bond acceptors (Lipinski definition) is 5. The van der Waals surface area contributed by atoms with Crippen molar-refractivity contribution in [2.45, 2.75) is 12.5 Å². The van der Waals surface area contributed by atoms with Crippen molar-refractivity contribution < 1.29 is 15.0 Å². The summed E-state index contributed by atoms with van der Waals surface area (Å²) in [5, 5.41) is 22.4. The molecule has 7 heteroatoms. The quantitative estimate of drug-likeness (QED) is 0.749. The lowest BCUT2D eigenvalue weighted by atomic mass is 10.1. The summed E-state index contributed by atoms with van der Waals surface area (Å²) in [5.74, 6) is -0.240. The highest BCUT2D eigenvalue weighted by molar-refractivity contribution is 7.98. The fourth-order valence-corrected chi connectivity index (χ4v) is 2.68. The van der Waals surface area contributed by atoms with Gasteiger partial charge in [0.05, 0.1) is 5.60 Å². The first-order valence-corrected chi connectivity index (χ1v) is 7.49. The molecular formula is C13H17N3O3S. The highest BCUT2D eigenvalue weighted by atomic mass is 32.2. The topological polar surface area (TPSA) is 86.9 Å². The minimum Gasteiger partial charge on any atom is -0.476 e. The van der Waals surface area contributed by atoms with Crippen LogP contribution in [0.1, 0.15) is 17.4 Å². The van der Waals surface area contributed by atoms with E-state index in [2.05, 4.69) is 10.3 Å². The highest BCUT2D eigenvalue weighted by Crippen LogP contribution is 2.19. The van der Waals surface area contributed by atoms with E-state index in [1.165, 1.54) is 16.2 Å². The van der Waals surface area contributed by atoms with Gasteiger partial charge in [-0.3, -0.25) is 4.40 Å². The van der Waals surface area contributed by atoms with Crippen LogP contribution in [0.4, 0.5) is 5.82 Å². The molecule has 3 N–H and O–H groups in total. The number of anilines is 1. The number of carboxylic acid groups (broad SMARTS) is 1. The van der Waals surface area contributed by atoms with Crippen LogP contribution in [0.5, 0.6) is 0 Å². The van der Waals surface area contributed by atoms with Gasteiger partial charge in [0.1, 0.15) is 5.65 Å². The van der Waals surface area contributed by atoms with Crippen molar-refractivity contribution in [2.75, 3.05) is 23.9 Å². The first-order valence-electron chi connectivity index (χ1n) is 6.10. The van der Waals surface area contributed by atoms with E-state index in [0.717, 1.165) is 0 Å². The minimum atomic E-state index is -1.06. The van der Waals surface area contributed by atoms with E-state index in [4.69, 9.17) is 0 Å². The Morgan fingerprint density at radius 2 is 2.30 bits per heavy atom. The van der Waals surface area contributed by atoms with E-state index in [1.54, 1.807) is 31.3 Å². The maximum absolute atomic E-state index is 11.4. The van der Waals surface area contributed by atoms with Crippen LogP contribution < -0.4 is 5.32 Å². The summed E-state index contributed by atoms with van der Waals surface area (Å²) in [4.78, 5) is 15.6. The van der Waals surface area contributed by atoms with Gasteiger partial charge in [-0.1, -0.05) is 6.07 Å². The van der Waals surface area contributed by atoms with Crippen LogP contribution in [0.3, 0.4) is 0 Å². The Morgan fingerprint density at radius 1 is 1.55 bits per heavy atom. The molecule has 2 aromatic heterocycles. The number of fused-ring (bicyclic) bond motifs is 1. The van der Waals surface area contributed by atoms with Crippen molar-refractivity contribution in [2.24, 2.45) is 0 Å². The number of aromatic nitrogens is 2. The summed E-state index contributed by atoms with van der Waals surface area (Å²) < 4.78 is 1.51. The van der Waals surface area contributed by atoms with Crippen molar-refractivity contribution in [3.63, 3.8) is 0 Å². The number of hydrogen-bond donors (Lipinski definition) is 3. The van der Waals surface area contributed by atoms with Crippen LogP contribution in [-0.2, 0) is 0 Å². The number of aromatic carboxylic acids is 1. The van der Waals surface area contributed by atoms with Gasteiger partial charge in [0.25, 0.3) is 0 Å². The first kappa shape index (κ1) is 14.7. The second-order valence-electron chi connectivity index (χ2n) is 4.83. The molecule has 0 aliphatic rings. The molecule has 2 heterocycles. The van der Waals surface area contributed by atoms with Gasteiger partial charge < -0.3 is 15.5 Å². The summed E-state index contributed by atoms with van der Waals surface area (Å²) in [7, 11) is 0. The molecule has 2 aromatic rings. The van der Waals surface area contributed by atoms with Crippen molar-refractivity contribution in [3.8, 4) is 0 Å². The Hall–Kier alpha value is -1.73. The van der Waals surface area contributed by atoms with Crippen LogP contribution in [-0.4, -0.2) is 49.7 Å². The Labute approximate surface area is 120 Å². The van der Waals surface area contributed by atoms with Crippen molar-refractivity contribution in [1.29, 1.82) is 0 Å². The molecule has 1 atom stereocenters. The lowest BCUT2D eigenvalue weighted by Gasteiger charge is -2.22. The molecule has 0 aliphatic carbocycles. The molecule has 6 nitrogen and oxygen atoms in total. The average molecular weight is 295 g/mol. The van der Waals surface area contributed by atoms with Crippen molar-refractivity contribution >= 4 is 29.2 Å². The third-order valence-electron chi connectivity index (χ3n) is 2.82. The average Bonchev–Trinajstić information content (AvgIpc) is 2.74. The molecule has 0 saturated heterocycles. The zero-order chi connectivity index (χ0) is 14.8. The Bertz CT molecular complexity index is 624. The van der Waals surface area contributed by atoms with Crippen LogP contribution in [0.25, 0.3) is 5.65 Å². The van der Waals surface area contributed by atoms with E-state index in [9.17, 15) is 15.0 Å². The van der Waals surface area contributed by atoms with E-state index < -0.39 is 11.6 Å². The van der Waals surface area contributed by atoms with E-state index in [-0.39, 0.29) is 18.1 Å². The second-order valence-corrected chi connectivity index (χ2v) is 5.69. The van der Waals surface area contributed by atoms with Crippen LogP contribution in [0.15, 0.2) is 24.4 Å². The molecule has 0 aliphatic heterocycles. The number of carbonyl (C=O) groups is 1. The Morgan fingerprint density at radius 3 is 2.95 bits per heavy atom. The summed E-state index contributed by atoms with van der Waals surface area (Å²) >= 11 is 1.53. The van der Waals surface area contributed by atoms with E-state index >= 15 is 0 Å². The van der Waals surface area contributed by atoms with Crippen LogP contribution >= 0.6 is 11.8 Å². The molecule has 2 rings (SSSR count). The smallest absolute Gasteiger partial charge is 0.356 e. The zero-order valence-electron chi connectivity index (χ0n) is 11.3.